The number of halogens is 2. The average Bonchev–Trinajstić information content (AvgIpc) is 2.70. The molecule has 18 heavy (non-hydrogen) atoms. The van der Waals surface area contributed by atoms with Gasteiger partial charge in [0.15, 0.2) is 0 Å². The molecule has 0 heterocycles. The highest BCUT2D eigenvalue weighted by atomic mass is 35.5. The summed E-state index contributed by atoms with van der Waals surface area (Å²) >= 11 is 12.0. The van der Waals surface area contributed by atoms with E-state index in [2.05, 4.69) is 17.4 Å². The van der Waals surface area contributed by atoms with Crippen molar-refractivity contribution in [1.82, 2.24) is 0 Å². The van der Waals surface area contributed by atoms with E-state index in [1.54, 1.807) is 0 Å². The lowest BCUT2D eigenvalue weighted by atomic mass is 10.1. The monoisotopic (exact) mass is 277 g/mol. The van der Waals surface area contributed by atoms with Gasteiger partial charge in [-0.3, -0.25) is 0 Å². The first-order valence-corrected chi connectivity index (χ1v) is 6.76. The Balaban J connectivity index is 1.74. The van der Waals surface area contributed by atoms with Gasteiger partial charge in [-0.1, -0.05) is 35.3 Å². The lowest BCUT2D eigenvalue weighted by Gasteiger charge is -2.13. The fraction of sp³-hybridized carbons (Fsp3) is 0.200. The molecular formula is C15H13Cl2N. The molecule has 1 N–H and O–H groups in total. The number of anilines is 1. The molecule has 0 aromatic heterocycles. The quantitative estimate of drug-likeness (QED) is 0.848. The molecule has 0 fully saturated rings. The molecule has 92 valence electrons. The summed E-state index contributed by atoms with van der Waals surface area (Å²) in [4.78, 5) is 0. The molecule has 0 saturated heterocycles. The van der Waals surface area contributed by atoms with E-state index in [-0.39, 0.29) is 0 Å². The second-order valence-corrected chi connectivity index (χ2v) is 5.55. The fourth-order valence-electron chi connectivity index (χ4n) is 2.50. The van der Waals surface area contributed by atoms with Crippen molar-refractivity contribution in [2.45, 2.75) is 18.9 Å². The van der Waals surface area contributed by atoms with Crippen LogP contribution in [0.2, 0.25) is 10.0 Å². The minimum Gasteiger partial charge on any atom is -0.382 e. The van der Waals surface area contributed by atoms with E-state index in [1.807, 2.05) is 30.3 Å². The smallest absolute Gasteiger partial charge is 0.0426 e. The van der Waals surface area contributed by atoms with Crippen LogP contribution in [0.4, 0.5) is 5.69 Å². The number of rotatable bonds is 2. The molecule has 0 amide bonds. The summed E-state index contributed by atoms with van der Waals surface area (Å²) in [6.45, 7) is 0. The van der Waals surface area contributed by atoms with Gasteiger partial charge in [0.1, 0.15) is 0 Å². The van der Waals surface area contributed by atoms with E-state index in [4.69, 9.17) is 23.2 Å². The van der Waals surface area contributed by atoms with Crippen molar-refractivity contribution in [3.63, 3.8) is 0 Å². The third kappa shape index (κ3) is 2.47. The van der Waals surface area contributed by atoms with Crippen molar-refractivity contribution in [2.75, 3.05) is 5.32 Å². The van der Waals surface area contributed by atoms with Crippen LogP contribution in [0, 0.1) is 0 Å². The van der Waals surface area contributed by atoms with E-state index >= 15 is 0 Å². The fourth-order valence-corrected chi connectivity index (χ4v) is 2.89. The number of fused-ring (bicyclic) bond motifs is 1. The molecule has 2 aromatic rings. The lowest BCUT2D eigenvalue weighted by Crippen LogP contribution is -2.19. The van der Waals surface area contributed by atoms with Crippen LogP contribution in [-0.4, -0.2) is 6.04 Å². The Morgan fingerprint density at radius 3 is 2.50 bits per heavy atom. The Morgan fingerprint density at radius 1 is 0.889 bits per heavy atom. The van der Waals surface area contributed by atoms with E-state index in [0.29, 0.717) is 6.04 Å². The van der Waals surface area contributed by atoms with Crippen LogP contribution in [0.25, 0.3) is 0 Å². The van der Waals surface area contributed by atoms with Gasteiger partial charge in [-0.05, 0) is 54.3 Å². The third-order valence-corrected chi connectivity index (χ3v) is 3.77. The molecule has 0 spiro atoms. The first-order chi connectivity index (χ1) is 8.70. The predicted molar refractivity (Wildman–Crippen MR) is 77.7 cm³/mol. The summed E-state index contributed by atoms with van der Waals surface area (Å²) in [5, 5.41) is 5.10. The molecule has 0 radical (unpaired) electrons. The minimum absolute atomic E-state index is 0.428. The summed E-state index contributed by atoms with van der Waals surface area (Å²) in [6.07, 6.45) is 2.06. The van der Waals surface area contributed by atoms with E-state index in [1.165, 1.54) is 11.1 Å². The molecule has 1 nitrogen and oxygen atoms in total. The van der Waals surface area contributed by atoms with Gasteiger partial charge < -0.3 is 5.32 Å². The highest BCUT2D eigenvalue weighted by Crippen LogP contribution is 2.27. The standard InChI is InChI=1S/C15H13Cl2N/c16-12-2-1-3-14(9-12)18-15-7-10-4-5-13(17)6-11(10)8-15/h1-6,9,15,18H,7-8H2. The second kappa shape index (κ2) is 4.83. The van der Waals surface area contributed by atoms with Crippen LogP contribution in [0.15, 0.2) is 42.5 Å². The Morgan fingerprint density at radius 2 is 1.67 bits per heavy atom. The minimum atomic E-state index is 0.428. The number of benzene rings is 2. The summed E-state index contributed by atoms with van der Waals surface area (Å²) in [7, 11) is 0. The summed E-state index contributed by atoms with van der Waals surface area (Å²) in [6, 6.07) is 14.4. The van der Waals surface area contributed by atoms with Gasteiger partial charge in [-0.25, -0.2) is 0 Å². The van der Waals surface area contributed by atoms with Gasteiger partial charge in [-0.15, -0.1) is 0 Å². The Hall–Kier alpha value is -1.18. The van der Waals surface area contributed by atoms with Crippen molar-refractivity contribution in [1.29, 1.82) is 0 Å². The van der Waals surface area contributed by atoms with Crippen molar-refractivity contribution in [2.24, 2.45) is 0 Å². The van der Waals surface area contributed by atoms with Crippen molar-refractivity contribution < 1.29 is 0 Å². The molecule has 2 aromatic carbocycles. The highest BCUT2D eigenvalue weighted by Gasteiger charge is 2.21. The van der Waals surface area contributed by atoms with Crippen LogP contribution in [-0.2, 0) is 12.8 Å². The van der Waals surface area contributed by atoms with E-state index in [0.717, 1.165) is 28.6 Å². The van der Waals surface area contributed by atoms with Crippen LogP contribution in [0.3, 0.4) is 0 Å². The summed E-state index contributed by atoms with van der Waals surface area (Å²) in [5.74, 6) is 0. The molecule has 0 aliphatic heterocycles. The van der Waals surface area contributed by atoms with Gasteiger partial charge in [0, 0.05) is 21.8 Å². The largest absolute Gasteiger partial charge is 0.382 e. The second-order valence-electron chi connectivity index (χ2n) is 4.67. The zero-order valence-electron chi connectivity index (χ0n) is 9.79. The Kier molecular flexibility index (Phi) is 3.19. The topological polar surface area (TPSA) is 12.0 Å². The molecule has 1 aliphatic rings. The van der Waals surface area contributed by atoms with Crippen LogP contribution >= 0.6 is 23.2 Å². The molecular weight excluding hydrogens is 265 g/mol. The van der Waals surface area contributed by atoms with Crippen molar-refractivity contribution >= 4 is 28.9 Å². The zero-order valence-corrected chi connectivity index (χ0v) is 11.3. The molecule has 0 saturated carbocycles. The molecule has 3 rings (SSSR count). The van der Waals surface area contributed by atoms with Gasteiger partial charge in [0.25, 0.3) is 0 Å². The SMILES string of the molecule is Clc1cccc(NC2Cc3ccc(Cl)cc3C2)c1. The molecule has 0 bridgehead atoms. The van der Waals surface area contributed by atoms with Crippen molar-refractivity contribution in [3.05, 3.63) is 63.6 Å². The molecule has 1 unspecified atom stereocenters. The Bertz CT molecular complexity index is 580. The molecule has 3 heteroatoms. The lowest BCUT2D eigenvalue weighted by molar-refractivity contribution is 0.774. The van der Waals surface area contributed by atoms with Crippen LogP contribution in [0.5, 0.6) is 0 Å². The molecule has 1 aliphatic carbocycles. The first kappa shape index (κ1) is 11.9. The summed E-state index contributed by atoms with van der Waals surface area (Å²) in [5.41, 5.74) is 3.81. The predicted octanol–water partition coefficient (Wildman–Crippen LogP) is 4.57. The number of hydrogen-bond acceptors (Lipinski definition) is 1. The van der Waals surface area contributed by atoms with Crippen LogP contribution in [0.1, 0.15) is 11.1 Å². The third-order valence-electron chi connectivity index (χ3n) is 3.30. The van der Waals surface area contributed by atoms with Gasteiger partial charge >= 0.3 is 0 Å². The van der Waals surface area contributed by atoms with E-state index < -0.39 is 0 Å². The first-order valence-electron chi connectivity index (χ1n) is 6.00. The van der Waals surface area contributed by atoms with Gasteiger partial charge in [0.2, 0.25) is 0 Å². The van der Waals surface area contributed by atoms with Crippen molar-refractivity contribution in [3.8, 4) is 0 Å². The maximum absolute atomic E-state index is 6.01. The summed E-state index contributed by atoms with van der Waals surface area (Å²) < 4.78 is 0. The van der Waals surface area contributed by atoms with Gasteiger partial charge in [-0.2, -0.15) is 0 Å². The average molecular weight is 278 g/mol. The van der Waals surface area contributed by atoms with Crippen LogP contribution < -0.4 is 5.32 Å². The maximum Gasteiger partial charge on any atom is 0.0426 e. The zero-order chi connectivity index (χ0) is 12.5. The molecule has 1 atom stereocenters. The highest BCUT2D eigenvalue weighted by molar-refractivity contribution is 6.31. The Labute approximate surface area is 117 Å². The van der Waals surface area contributed by atoms with E-state index in [9.17, 15) is 0 Å². The van der Waals surface area contributed by atoms with Gasteiger partial charge in [0.05, 0.1) is 0 Å². The maximum atomic E-state index is 6.01. The number of nitrogens with one attached hydrogen (secondary N) is 1. The number of hydrogen-bond donors (Lipinski definition) is 1. The normalized spacial score (nSPS) is 17.6.